The Morgan fingerprint density at radius 3 is 3.20 bits per heavy atom. The van der Waals surface area contributed by atoms with E-state index >= 15 is 0 Å². The quantitative estimate of drug-likeness (QED) is 0.596. The molecule has 1 saturated heterocycles. The maximum Gasteiger partial charge on any atom is 0.273 e. The largest absolute Gasteiger partial charge is 0.391 e. The van der Waals surface area contributed by atoms with Gasteiger partial charge in [0.2, 0.25) is 0 Å². The topological polar surface area (TPSA) is 87.4 Å². The van der Waals surface area contributed by atoms with E-state index in [0.717, 1.165) is 6.54 Å². The van der Waals surface area contributed by atoms with Crippen molar-refractivity contribution in [2.24, 2.45) is 5.92 Å². The summed E-state index contributed by atoms with van der Waals surface area (Å²) in [6.45, 7) is 1.75. The molecule has 1 amide bonds. The van der Waals surface area contributed by atoms with Gasteiger partial charge in [-0.15, -0.1) is 0 Å². The summed E-state index contributed by atoms with van der Waals surface area (Å²) in [4.78, 5) is 11.4. The van der Waals surface area contributed by atoms with Crippen molar-refractivity contribution in [3.63, 3.8) is 0 Å². The van der Waals surface area contributed by atoms with Gasteiger partial charge in [-0.05, 0) is 0 Å². The number of carbonyl (C=O) groups excluding carboxylic acids is 1. The molecule has 1 aromatic heterocycles. The third-order valence-corrected chi connectivity index (χ3v) is 2.50. The van der Waals surface area contributed by atoms with Crippen molar-refractivity contribution in [3.8, 4) is 0 Å². The van der Waals surface area contributed by atoms with Gasteiger partial charge in [-0.2, -0.15) is 0 Å². The molecule has 6 nitrogen and oxygen atoms in total. The van der Waals surface area contributed by atoms with Gasteiger partial charge in [0.25, 0.3) is 5.91 Å². The van der Waals surface area contributed by atoms with E-state index in [4.69, 9.17) is 0 Å². The van der Waals surface area contributed by atoms with Crippen LogP contribution < -0.4 is 10.6 Å². The summed E-state index contributed by atoms with van der Waals surface area (Å²) in [6, 6.07) is 1.50. The lowest BCUT2D eigenvalue weighted by Crippen LogP contribution is -2.34. The third kappa shape index (κ3) is 2.34. The number of carbonyl (C=O) groups is 1. The van der Waals surface area contributed by atoms with Crippen LogP contribution >= 0.6 is 0 Å². The van der Waals surface area contributed by atoms with E-state index in [1.54, 1.807) is 0 Å². The SMILES string of the molecule is O=C(NCC1CNCC1O)c1ccon1. The normalized spacial score (nSPS) is 25.4. The van der Waals surface area contributed by atoms with E-state index in [9.17, 15) is 9.90 Å². The van der Waals surface area contributed by atoms with Crippen LogP contribution in [0, 0.1) is 5.92 Å². The molecular formula is C9H13N3O3. The predicted octanol–water partition coefficient (Wildman–Crippen LogP) is -1.02. The zero-order valence-corrected chi connectivity index (χ0v) is 8.14. The van der Waals surface area contributed by atoms with Gasteiger partial charge >= 0.3 is 0 Å². The maximum atomic E-state index is 11.4. The van der Waals surface area contributed by atoms with Crippen LogP contribution in [0.4, 0.5) is 0 Å². The molecule has 2 unspecified atom stereocenters. The molecular weight excluding hydrogens is 198 g/mol. The molecule has 0 aromatic carbocycles. The summed E-state index contributed by atoms with van der Waals surface area (Å²) in [5.41, 5.74) is 0.260. The second kappa shape index (κ2) is 4.41. The molecule has 0 spiro atoms. The molecule has 1 aliphatic heterocycles. The molecule has 82 valence electrons. The Morgan fingerprint density at radius 1 is 1.73 bits per heavy atom. The number of aliphatic hydroxyl groups is 1. The van der Waals surface area contributed by atoms with Crippen molar-refractivity contribution in [3.05, 3.63) is 18.0 Å². The number of hydrogen-bond acceptors (Lipinski definition) is 5. The van der Waals surface area contributed by atoms with Crippen LogP contribution in [-0.4, -0.2) is 41.9 Å². The highest BCUT2D eigenvalue weighted by Crippen LogP contribution is 2.07. The fourth-order valence-corrected chi connectivity index (χ4v) is 1.57. The fraction of sp³-hybridized carbons (Fsp3) is 0.556. The molecule has 0 bridgehead atoms. The molecule has 1 fully saturated rings. The van der Waals surface area contributed by atoms with Crippen molar-refractivity contribution in [2.75, 3.05) is 19.6 Å². The van der Waals surface area contributed by atoms with Gasteiger partial charge in [0.05, 0.1) is 6.10 Å². The predicted molar refractivity (Wildman–Crippen MR) is 51.2 cm³/mol. The smallest absolute Gasteiger partial charge is 0.273 e. The Morgan fingerprint density at radius 2 is 2.60 bits per heavy atom. The minimum Gasteiger partial charge on any atom is -0.391 e. The molecule has 2 rings (SSSR count). The average molecular weight is 211 g/mol. The Bertz CT molecular complexity index is 325. The third-order valence-electron chi connectivity index (χ3n) is 2.50. The van der Waals surface area contributed by atoms with Crippen LogP contribution in [0.5, 0.6) is 0 Å². The standard InChI is InChI=1S/C9H13N3O3/c13-8-5-10-3-6(8)4-11-9(14)7-1-2-15-12-7/h1-2,6,8,10,13H,3-5H2,(H,11,14). The minimum absolute atomic E-state index is 0.0702. The first kappa shape index (κ1) is 10.1. The van der Waals surface area contributed by atoms with Crippen molar-refractivity contribution in [1.29, 1.82) is 0 Å². The molecule has 15 heavy (non-hydrogen) atoms. The van der Waals surface area contributed by atoms with E-state index in [-0.39, 0.29) is 23.6 Å². The monoisotopic (exact) mass is 211 g/mol. The first-order valence-corrected chi connectivity index (χ1v) is 4.84. The number of amides is 1. The molecule has 6 heteroatoms. The fourth-order valence-electron chi connectivity index (χ4n) is 1.57. The molecule has 2 heterocycles. The van der Waals surface area contributed by atoms with Gasteiger partial charge < -0.3 is 20.3 Å². The number of nitrogens with one attached hydrogen (secondary N) is 2. The number of aliphatic hydroxyl groups excluding tert-OH is 1. The van der Waals surface area contributed by atoms with Crippen molar-refractivity contribution < 1.29 is 14.4 Å². The summed E-state index contributed by atoms with van der Waals surface area (Å²) in [6.07, 6.45) is 0.962. The second-order valence-electron chi connectivity index (χ2n) is 3.58. The highest BCUT2D eigenvalue weighted by molar-refractivity contribution is 5.91. The van der Waals surface area contributed by atoms with Gasteiger partial charge in [-0.3, -0.25) is 4.79 Å². The van der Waals surface area contributed by atoms with E-state index in [2.05, 4.69) is 20.3 Å². The van der Waals surface area contributed by atoms with Crippen LogP contribution in [0.2, 0.25) is 0 Å². The van der Waals surface area contributed by atoms with E-state index in [1.807, 2.05) is 0 Å². The summed E-state index contributed by atoms with van der Waals surface area (Å²) in [5, 5.41) is 18.7. The van der Waals surface area contributed by atoms with Crippen LogP contribution in [0.1, 0.15) is 10.5 Å². The molecule has 1 aliphatic rings. The Kier molecular flexibility index (Phi) is 2.98. The van der Waals surface area contributed by atoms with Gasteiger partial charge in [0.15, 0.2) is 5.69 Å². The number of β-amino-alcohol motifs (C(OH)–C–C–N with tert-alkyl or cyclic N) is 1. The highest BCUT2D eigenvalue weighted by atomic mass is 16.5. The lowest BCUT2D eigenvalue weighted by Gasteiger charge is -2.13. The van der Waals surface area contributed by atoms with E-state index < -0.39 is 0 Å². The number of hydrogen-bond donors (Lipinski definition) is 3. The van der Waals surface area contributed by atoms with Gasteiger partial charge in [0.1, 0.15) is 6.26 Å². The first-order chi connectivity index (χ1) is 7.27. The van der Waals surface area contributed by atoms with E-state index in [0.29, 0.717) is 13.1 Å². The highest BCUT2D eigenvalue weighted by Gasteiger charge is 2.25. The van der Waals surface area contributed by atoms with Crippen molar-refractivity contribution in [1.82, 2.24) is 15.8 Å². The van der Waals surface area contributed by atoms with Crippen LogP contribution in [0.3, 0.4) is 0 Å². The number of nitrogens with zero attached hydrogens (tertiary/aromatic N) is 1. The Balaban J connectivity index is 1.81. The lowest BCUT2D eigenvalue weighted by atomic mass is 10.1. The van der Waals surface area contributed by atoms with Gasteiger partial charge in [0, 0.05) is 31.6 Å². The maximum absolute atomic E-state index is 11.4. The second-order valence-corrected chi connectivity index (χ2v) is 3.58. The first-order valence-electron chi connectivity index (χ1n) is 4.84. The van der Waals surface area contributed by atoms with Crippen molar-refractivity contribution in [2.45, 2.75) is 6.10 Å². The van der Waals surface area contributed by atoms with Crippen molar-refractivity contribution >= 4 is 5.91 Å². The van der Waals surface area contributed by atoms with E-state index in [1.165, 1.54) is 12.3 Å². The lowest BCUT2D eigenvalue weighted by molar-refractivity contribution is 0.0918. The Labute approximate surface area is 86.6 Å². The van der Waals surface area contributed by atoms with Gasteiger partial charge in [-0.1, -0.05) is 5.16 Å². The molecule has 2 atom stereocenters. The summed E-state index contributed by atoms with van der Waals surface area (Å²) in [5.74, 6) is -0.205. The Hall–Kier alpha value is -1.40. The molecule has 0 aliphatic carbocycles. The minimum atomic E-state index is -0.386. The van der Waals surface area contributed by atoms with Crippen LogP contribution in [0.25, 0.3) is 0 Å². The summed E-state index contributed by atoms with van der Waals surface area (Å²) < 4.78 is 4.56. The number of rotatable bonds is 3. The van der Waals surface area contributed by atoms with Crippen LogP contribution in [0.15, 0.2) is 16.9 Å². The van der Waals surface area contributed by atoms with Gasteiger partial charge in [-0.25, -0.2) is 0 Å². The molecule has 0 saturated carbocycles. The average Bonchev–Trinajstić information content (AvgIpc) is 2.85. The molecule has 0 radical (unpaired) electrons. The zero-order chi connectivity index (χ0) is 10.7. The summed E-state index contributed by atoms with van der Waals surface area (Å²) >= 11 is 0. The zero-order valence-electron chi connectivity index (χ0n) is 8.14. The summed E-state index contributed by atoms with van der Waals surface area (Å²) in [7, 11) is 0. The molecule has 1 aromatic rings. The number of aromatic nitrogens is 1. The molecule has 3 N–H and O–H groups in total. The van der Waals surface area contributed by atoms with Crippen LogP contribution in [-0.2, 0) is 0 Å².